The summed E-state index contributed by atoms with van der Waals surface area (Å²) < 4.78 is 4.24. The third-order valence-corrected chi connectivity index (χ3v) is 3.22. The molecule has 0 spiro atoms. The second-order valence-electron chi connectivity index (χ2n) is 4.16. The van der Waals surface area contributed by atoms with Crippen LogP contribution in [0.4, 0.5) is 0 Å². The molecule has 0 radical (unpaired) electrons. The van der Waals surface area contributed by atoms with Crippen LogP contribution in [-0.4, -0.2) is 18.9 Å². The van der Waals surface area contributed by atoms with E-state index < -0.39 is 0 Å². The van der Waals surface area contributed by atoms with Gasteiger partial charge in [0.25, 0.3) is 0 Å². The molecule has 0 fully saturated rings. The fraction of sp³-hybridized carbons (Fsp3) is 0.0769. The highest BCUT2D eigenvalue weighted by Gasteiger charge is 2.12. The van der Waals surface area contributed by atoms with Crippen LogP contribution >= 0.6 is 0 Å². The van der Waals surface area contributed by atoms with Gasteiger partial charge in [-0.25, -0.2) is 4.98 Å². The molecule has 0 aliphatic heterocycles. The quantitative estimate of drug-likeness (QED) is 0.458. The first-order valence-corrected chi connectivity index (χ1v) is 5.52. The van der Waals surface area contributed by atoms with Crippen LogP contribution in [0, 0.1) is 0 Å². The summed E-state index contributed by atoms with van der Waals surface area (Å²) in [5.74, 6) is 0.953. The standard InChI is InChI=1S/C13H10N4/c1-16-12-8-14-7-6-11(12)17-10-5-3-2-4-9(10)15-13(16)17/h2-8H,1H3. The molecule has 4 rings (SSSR count). The zero-order valence-corrected chi connectivity index (χ0v) is 9.33. The van der Waals surface area contributed by atoms with Crippen molar-refractivity contribution in [3.63, 3.8) is 0 Å². The summed E-state index contributed by atoms with van der Waals surface area (Å²) in [5.41, 5.74) is 4.41. The minimum atomic E-state index is 0.953. The Hall–Kier alpha value is -2.36. The van der Waals surface area contributed by atoms with E-state index in [9.17, 15) is 0 Å². The monoisotopic (exact) mass is 222 g/mol. The number of aryl methyl sites for hydroxylation is 1. The summed E-state index contributed by atoms with van der Waals surface area (Å²) in [7, 11) is 2.02. The van der Waals surface area contributed by atoms with Gasteiger partial charge in [-0.2, -0.15) is 0 Å². The summed E-state index contributed by atoms with van der Waals surface area (Å²) in [6, 6.07) is 10.2. The lowest BCUT2D eigenvalue weighted by Gasteiger charge is -1.93. The normalized spacial score (nSPS) is 11.8. The van der Waals surface area contributed by atoms with Gasteiger partial charge in [-0.05, 0) is 18.2 Å². The number of para-hydroxylation sites is 2. The van der Waals surface area contributed by atoms with Crippen molar-refractivity contribution in [2.24, 2.45) is 7.05 Å². The lowest BCUT2D eigenvalue weighted by Crippen LogP contribution is -1.88. The van der Waals surface area contributed by atoms with E-state index in [4.69, 9.17) is 0 Å². The van der Waals surface area contributed by atoms with E-state index >= 15 is 0 Å². The second kappa shape index (κ2) is 2.85. The van der Waals surface area contributed by atoms with Crippen LogP contribution in [0.1, 0.15) is 0 Å². The molecular weight excluding hydrogens is 212 g/mol. The van der Waals surface area contributed by atoms with E-state index in [0.717, 1.165) is 27.8 Å². The molecule has 1 aromatic carbocycles. The van der Waals surface area contributed by atoms with E-state index in [-0.39, 0.29) is 0 Å². The zero-order chi connectivity index (χ0) is 11.4. The Balaban J connectivity index is 2.41. The third-order valence-electron chi connectivity index (χ3n) is 3.22. The molecule has 0 amide bonds. The van der Waals surface area contributed by atoms with Gasteiger partial charge in [0.1, 0.15) is 0 Å². The molecule has 82 valence electrons. The zero-order valence-electron chi connectivity index (χ0n) is 9.33. The third kappa shape index (κ3) is 0.970. The van der Waals surface area contributed by atoms with Crippen LogP contribution in [0.25, 0.3) is 27.8 Å². The molecule has 0 aliphatic rings. The molecule has 0 unspecified atom stereocenters. The fourth-order valence-corrected chi connectivity index (χ4v) is 2.41. The Morgan fingerprint density at radius 2 is 1.88 bits per heavy atom. The maximum absolute atomic E-state index is 4.65. The van der Waals surface area contributed by atoms with Crippen LogP contribution in [0.3, 0.4) is 0 Å². The van der Waals surface area contributed by atoms with Crippen LogP contribution in [0.15, 0.2) is 42.7 Å². The van der Waals surface area contributed by atoms with Crippen molar-refractivity contribution >= 4 is 27.8 Å². The van der Waals surface area contributed by atoms with Crippen molar-refractivity contribution in [1.82, 2.24) is 18.9 Å². The van der Waals surface area contributed by atoms with E-state index in [2.05, 4.69) is 25.0 Å². The number of benzene rings is 1. The number of fused-ring (bicyclic) bond motifs is 5. The van der Waals surface area contributed by atoms with Crippen molar-refractivity contribution in [3.05, 3.63) is 42.7 Å². The van der Waals surface area contributed by atoms with Crippen molar-refractivity contribution in [2.45, 2.75) is 0 Å². The van der Waals surface area contributed by atoms with Crippen LogP contribution in [0.2, 0.25) is 0 Å². The summed E-state index contributed by atoms with van der Waals surface area (Å²) >= 11 is 0. The van der Waals surface area contributed by atoms with E-state index in [0.29, 0.717) is 0 Å². The first kappa shape index (κ1) is 8.75. The van der Waals surface area contributed by atoms with E-state index in [1.54, 1.807) is 0 Å². The second-order valence-corrected chi connectivity index (χ2v) is 4.16. The molecule has 4 nitrogen and oxygen atoms in total. The molecule has 0 atom stereocenters. The highest BCUT2D eigenvalue weighted by Crippen LogP contribution is 2.24. The fourth-order valence-electron chi connectivity index (χ4n) is 2.41. The topological polar surface area (TPSA) is 35.1 Å². The molecule has 0 saturated heterocycles. The Morgan fingerprint density at radius 3 is 2.82 bits per heavy atom. The maximum atomic E-state index is 4.65. The van der Waals surface area contributed by atoms with Crippen molar-refractivity contribution in [2.75, 3.05) is 0 Å². The van der Waals surface area contributed by atoms with E-state index in [1.807, 2.05) is 43.7 Å². The van der Waals surface area contributed by atoms with Gasteiger partial charge < -0.3 is 4.57 Å². The van der Waals surface area contributed by atoms with Crippen LogP contribution in [-0.2, 0) is 7.05 Å². The predicted molar refractivity (Wildman–Crippen MR) is 67.0 cm³/mol. The minimum absolute atomic E-state index is 0.953. The van der Waals surface area contributed by atoms with Crippen molar-refractivity contribution < 1.29 is 0 Å². The molecular formula is C13H10N4. The van der Waals surface area contributed by atoms with Gasteiger partial charge >= 0.3 is 0 Å². The first-order chi connectivity index (χ1) is 8.36. The molecule has 4 heteroatoms. The van der Waals surface area contributed by atoms with Crippen LogP contribution in [0.5, 0.6) is 0 Å². The Kier molecular flexibility index (Phi) is 1.47. The Bertz CT molecular complexity index is 854. The van der Waals surface area contributed by atoms with Gasteiger partial charge in [-0.1, -0.05) is 12.1 Å². The smallest absolute Gasteiger partial charge is 0.215 e. The Labute approximate surface area is 97.1 Å². The number of imidazole rings is 2. The lowest BCUT2D eigenvalue weighted by molar-refractivity contribution is 0.971. The summed E-state index contributed by atoms with van der Waals surface area (Å²) in [6.07, 6.45) is 3.69. The molecule has 3 aromatic heterocycles. The van der Waals surface area contributed by atoms with Crippen molar-refractivity contribution in [3.8, 4) is 0 Å². The maximum Gasteiger partial charge on any atom is 0.215 e. The number of hydrogen-bond donors (Lipinski definition) is 0. The average molecular weight is 222 g/mol. The largest absolute Gasteiger partial charge is 0.311 e. The number of aromatic nitrogens is 4. The van der Waals surface area contributed by atoms with Gasteiger partial charge in [0.2, 0.25) is 5.78 Å². The summed E-state index contributed by atoms with van der Waals surface area (Å²) in [5, 5.41) is 0. The Morgan fingerprint density at radius 1 is 1.00 bits per heavy atom. The van der Waals surface area contributed by atoms with Gasteiger partial charge in [0.05, 0.1) is 28.3 Å². The summed E-state index contributed by atoms with van der Waals surface area (Å²) in [6.45, 7) is 0. The molecule has 3 heterocycles. The summed E-state index contributed by atoms with van der Waals surface area (Å²) in [4.78, 5) is 8.82. The van der Waals surface area contributed by atoms with Gasteiger partial charge in [-0.15, -0.1) is 0 Å². The number of nitrogens with zero attached hydrogens (tertiary/aromatic N) is 4. The first-order valence-electron chi connectivity index (χ1n) is 5.52. The lowest BCUT2D eigenvalue weighted by atomic mass is 10.3. The highest BCUT2D eigenvalue weighted by atomic mass is 15.2. The van der Waals surface area contributed by atoms with Gasteiger partial charge in [0.15, 0.2) is 0 Å². The van der Waals surface area contributed by atoms with Crippen molar-refractivity contribution in [1.29, 1.82) is 0 Å². The predicted octanol–water partition coefficient (Wildman–Crippen LogP) is 2.37. The number of pyridine rings is 1. The average Bonchev–Trinajstić information content (AvgIpc) is 2.88. The molecule has 4 aromatic rings. The molecule has 0 saturated carbocycles. The molecule has 0 bridgehead atoms. The molecule has 0 aliphatic carbocycles. The highest BCUT2D eigenvalue weighted by molar-refractivity contribution is 5.89. The van der Waals surface area contributed by atoms with E-state index in [1.165, 1.54) is 0 Å². The SMILES string of the molecule is Cn1c2cnccc2n2c3ccccc3nc12. The molecule has 17 heavy (non-hydrogen) atoms. The van der Waals surface area contributed by atoms with Crippen LogP contribution < -0.4 is 0 Å². The number of rotatable bonds is 0. The number of hydrogen-bond acceptors (Lipinski definition) is 2. The minimum Gasteiger partial charge on any atom is -0.311 e. The van der Waals surface area contributed by atoms with Gasteiger partial charge in [-0.3, -0.25) is 9.38 Å². The van der Waals surface area contributed by atoms with Gasteiger partial charge in [0, 0.05) is 13.2 Å². The molecule has 0 N–H and O–H groups in total.